The fourth-order valence-electron chi connectivity index (χ4n) is 1.82. The van der Waals surface area contributed by atoms with Crippen LogP contribution in [0.4, 0.5) is 0 Å². The number of carbonyl (C=O) groups excluding carboxylic acids is 3. The highest BCUT2D eigenvalue weighted by atomic mass is 32.1. The van der Waals surface area contributed by atoms with Crippen molar-refractivity contribution in [3.05, 3.63) is 0 Å². The van der Waals surface area contributed by atoms with Gasteiger partial charge in [0.25, 0.3) is 0 Å². The molecule has 0 aromatic heterocycles. The molecule has 0 saturated heterocycles. The van der Waals surface area contributed by atoms with Crippen LogP contribution in [0.15, 0.2) is 0 Å². The minimum Gasteiger partial charge on any atom is -0.480 e. The largest absolute Gasteiger partial charge is 0.480 e. The van der Waals surface area contributed by atoms with Crippen LogP contribution in [0.2, 0.25) is 0 Å². The van der Waals surface area contributed by atoms with Gasteiger partial charge >= 0.3 is 5.97 Å². The third kappa shape index (κ3) is 7.58. The second-order valence-corrected chi connectivity index (χ2v) is 6.33. The first-order valence-electron chi connectivity index (χ1n) is 8.20. The summed E-state index contributed by atoms with van der Waals surface area (Å²) in [4.78, 5) is 47.0. The van der Waals surface area contributed by atoms with Crippen molar-refractivity contribution in [2.24, 2.45) is 11.7 Å². The van der Waals surface area contributed by atoms with Crippen LogP contribution in [0.25, 0.3) is 0 Å². The molecule has 11 heteroatoms. The third-order valence-electron chi connectivity index (χ3n) is 3.92. The summed E-state index contributed by atoms with van der Waals surface area (Å²) in [6, 6.07) is -4.43. The van der Waals surface area contributed by atoms with Gasteiger partial charge in [-0.05, 0) is 12.8 Å². The zero-order chi connectivity index (χ0) is 20.4. The van der Waals surface area contributed by atoms with Crippen molar-refractivity contribution in [2.75, 3.05) is 12.4 Å². The highest BCUT2D eigenvalue weighted by Gasteiger charge is 2.29. The zero-order valence-electron chi connectivity index (χ0n) is 15.1. The van der Waals surface area contributed by atoms with E-state index in [0.717, 1.165) is 0 Å². The van der Waals surface area contributed by atoms with Crippen LogP contribution in [0.1, 0.15) is 27.2 Å². The van der Waals surface area contributed by atoms with Crippen LogP contribution in [0.5, 0.6) is 0 Å². The second kappa shape index (κ2) is 11.7. The summed E-state index contributed by atoms with van der Waals surface area (Å²) in [5.41, 5.74) is 5.80. The lowest BCUT2D eigenvalue weighted by molar-refractivity contribution is -0.142. The quantitative estimate of drug-likeness (QED) is 0.196. The molecular formula is C15H28N4O6S. The first kappa shape index (κ1) is 24.1. The number of amides is 3. The molecule has 0 aliphatic carbocycles. The Hall–Kier alpha value is -1.85. The fraction of sp³-hybridized carbons (Fsp3) is 0.733. The van der Waals surface area contributed by atoms with Crippen LogP contribution in [-0.4, -0.2) is 70.4 Å². The summed E-state index contributed by atoms with van der Waals surface area (Å²) in [6.07, 6.45) is 0.681. The average molecular weight is 392 g/mol. The molecule has 0 bridgehead atoms. The third-order valence-corrected chi connectivity index (χ3v) is 4.29. The van der Waals surface area contributed by atoms with E-state index in [-0.39, 0.29) is 11.7 Å². The number of carboxylic acids is 1. The van der Waals surface area contributed by atoms with E-state index in [0.29, 0.717) is 6.42 Å². The van der Waals surface area contributed by atoms with Gasteiger partial charge in [-0.15, -0.1) is 0 Å². The van der Waals surface area contributed by atoms with E-state index >= 15 is 0 Å². The summed E-state index contributed by atoms with van der Waals surface area (Å²) in [7, 11) is 0. The van der Waals surface area contributed by atoms with Gasteiger partial charge in [-0.2, -0.15) is 12.6 Å². The monoisotopic (exact) mass is 392 g/mol. The molecule has 10 nitrogen and oxygen atoms in total. The van der Waals surface area contributed by atoms with Gasteiger partial charge in [-0.3, -0.25) is 19.2 Å². The van der Waals surface area contributed by atoms with Gasteiger partial charge < -0.3 is 31.9 Å². The molecule has 0 fully saturated rings. The highest BCUT2D eigenvalue weighted by molar-refractivity contribution is 7.80. The second-order valence-electron chi connectivity index (χ2n) is 5.97. The summed E-state index contributed by atoms with van der Waals surface area (Å²) < 4.78 is 0. The Kier molecular flexibility index (Phi) is 10.9. The van der Waals surface area contributed by atoms with Gasteiger partial charge in [0.2, 0.25) is 17.7 Å². The van der Waals surface area contributed by atoms with Gasteiger partial charge in [0.1, 0.15) is 18.1 Å². The fourth-order valence-corrected chi connectivity index (χ4v) is 2.07. The van der Waals surface area contributed by atoms with E-state index in [1.54, 1.807) is 6.92 Å². The number of carboxylic acid groups (broad SMARTS) is 1. The van der Waals surface area contributed by atoms with Crippen molar-refractivity contribution < 1.29 is 29.4 Å². The molecule has 5 unspecified atom stereocenters. The van der Waals surface area contributed by atoms with E-state index in [1.807, 2.05) is 6.92 Å². The number of nitrogens with two attached hydrogens (primary N) is 1. The summed E-state index contributed by atoms with van der Waals surface area (Å²) in [5.74, 6) is -3.56. The van der Waals surface area contributed by atoms with Crippen LogP contribution >= 0.6 is 12.6 Å². The molecule has 0 aromatic rings. The van der Waals surface area contributed by atoms with E-state index < -0.39 is 54.5 Å². The maximum absolute atomic E-state index is 12.2. The Morgan fingerprint density at radius 1 is 1.00 bits per heavy atom. The number of rotatable bonds is 11. The zero-order valence-corrected chi connectivity index (χ0v) is 16.0. The van der Waals surface area contributed by atoms with Gasteiger partial charge in [0, 0.05) is 5.75 Å². The summed E-state index contributed by atoms with van der Waals surface area (Å²) in [5, 5.41) is 24.9. The average Bonchev–Trinajstić information content (AvgIpc) is 2.61. The number of carbonyl (C=O) groups is 4. The molecule has 0 heterocycles. The minimum atomic E-state index is -1.37. The van der Waals surface area contributed by atoms with Gasteiger partial charge in [-0.1, -0.05) is 20.3 Å². The highest BCUT2D eigenvalue weighted by Crippen LogP contribution is 2.05. The number of aliphatic carboxylic acids is 1. The lowest BCUT2D eigenvalue weighted by atomic mass is 9.99. The predicted molar refractivity (Wildman–Crippen MR) is 97.5 cm³/mol. The number of nitrogens with one attached hydrogen (secondary N) is 3. The normalized spacial score (nSPS) is 16.5. The van der Waals surface area contributed by atoms with Crippen LogP contribution in [0, 0.1) is 5.92 Å². The van der Waals surface area contributed by atoms with Gasteiger partial charge in [0.15, 0.2) is 0 Å². The van der Waals surface area contributed by atoms with E-state index in [2.05, 4.69) is 28.6 Å². The molecule has 0 aliphatic rings. The topological polar surface area (TPSA) is 171 Å². The van der Waals surface area contributed by atoms with Crippen LogP contribution < -0.4 is 21.7 Å². The Bertz CT molecular complexity index is 518. The molecule has 0 aromatic carbocycles. The van der Waals surface area contributed by atoms with Crippen molar-refractivity contribution in [1.82, 2.24) is 16.0 Å². The number of hydrogen-bond donors (Lipinski definition) is 7. The molecule has 150 valence electrons. The van der Waals surface area contributed by atoms with E-state index in [4.69, 9.17) is 10.8 Å². The summed E-state index contributed by atoms with van der Waals surface area (Å²) in [6.45, 7) is 4.17. The van der Waals surface area contributed by atoms with E-state index in [9.17, 15) is 24.3 Å². The van der Waals surface area contributed by atoms with Crippen molar-refractivity contribution in [3.63, 3.8) is 0 Å². The molecule has 26 heavy (non-hydrogen) atoms. The van der Waals surface area contributed by atoms with Gasteiger partial charge in [0.05, 0.1) is 12.6 Å². The molecular weight excluding hydrogens is 364 g/mol. The van der Waals surface area contributed by atoms with Crippen molar-refractivity contribution in [2.45, 2.75) is 51.4 Å². The number of aliphatic hydroxyl groups excluding tert-OH is 1. The summed E-state index contributed by atoms with van der Waals surface area (Å²) >= 11 is 4.00. The minimum absolute atomic E-state index is 0.0594. The molecule has 0 saturated carbocycles. The Morgan fingerprint density at radius 3 is 1.92 bits per heavy atom. The maximum atomic E-state index is 12.2. The van der Waals surface area contributed by atoms with Gasteiger partial charge in [-0.25, -0.2) is 0 Å². The number of aliphatic hydroxyl groups is 1. The molecule has 5 atom stereocenters. The van der Waals surface area contributed by atoms with Crippen LogP contribution in [0.3, 0.4) is 0 Å². The SMILES string of the molecule is CCC(C)C(N)C(=O)NC(CS)C(=O)NC(CO)C(=O)NC(C)C(=O)O. The Morgan fingerprint density at radius 2 is 1.50 bits per heavy atom. The molecule has 0 spiro atoms. The van der Waals surface area contributed by atoms with E-state index in [1.165, 1.54) is 6.92 Å². The standard InChI is InChI=1S/C15H28N4O6S/c1-4-7(2)11(16)14(23)19-10(6-26)13(22)18-9(5-20)12(21)17-8(3)15(24)25/h7-11,20,26H,4-6,16H2,1-3H3,(H,17,21)(H,18,22)(H,19,23)(H,24,25). The first-order valence-corrected chi connectivity index (χ1v) is 8.83. The Labute approximate surface area is 157 Å². The van der Waals surface area contributed by atoms with Crippen LogP contribution in [-0.2, 0) is 19.2 Å². The van der Waals surface area contributed by atoms with Crippen molar-refractivity contribution >= 4 is 36.3 Å². The number of hydrogen-bond acceptors (Lipinski definition) is 7. The number of thiol groups is 1. The smallest absolute Gasteiger partial charge is 0.325 e. The molecule has 7 N–H and O–H groups in total. The van der Waals surface area contributed by atoms with Crippen molar-refractivity contribution in [1.29, 1.82) is 0 Å². The predicted octanol–water partition coefficient (Wildman–Crippen LogP) is -2.16. The first-order chi connectivity index (χ1) is 12.1. The Balaban J connectivity index is 4.87. The van der Waals surface area contributed by atoms with Crippen molar-refractivity contribution in [3.8, 4) is 0 Å². The lowest BCUT2D eigenvalue weighted by Crippen LogP contribution is -2.58. The molecule has 3 amide bonds. The maximum Gasteiger partial charge on any atom is 0.325 e. The molecule has 0 radical (unpaired) electrons. The molecule has 0 aliphatic heterocycles. The molecule has 0 rings (SSSR count). The lowest BCUT2D eigenvalue weighted by Gasteiger charge is -2.24.